The van der Waals surface area contributed by atoms with E-state index in [4.69, 9.17) is 30.3 Å². The van der Waals surface area contributed by atoms with E-state index in [9.17, 15) is 44.2 Å². The van der Waals surface area contributed by atoms with Crippen LogP contribution in [0.25, 0.3) is 25.6 Å². The first-order valence-electron chi connectivity index (χ1n) is 21.0. The number of azo groups is 1. The molecule has 19 nitrogen and oxygen atoms in total. The van der Waals surface area contributed by atoms with E-state index in [1.54, 1.807) is 45.9 Å². The number of nitriles is 1. The molecule has 4 heterocycles. The molecule has 362 valence electrons. The summed E-state index contributed by atoms with van der Waals surface area (Å²) in [6.45, 7) is 16.9. The van der Waals surface area contributed by atoms with Crippen LogP contribution in [0.1, 0.15) is 71.0 Å². The Balaban J connectivity index is 1.44. The van der Waals surface area contributed by atoms with Gasteiger partial charge in [-0.3, -0.25) is 18.6 Å². The zero-order valence-corrected chi connectivity index (χ0v) is 43.2. The van der Waals surface area contributed by atoms with E-state index < -0.39 is 35.8 Å². The van der Waals surface area contributed by atoms with E-state index in [-0.39, 0.29) is 82.2 Å². The topological polar surface area (TPSA) is 283 Å². The van der Waals surface area contributed by atoms with Gasteiger partial charge < -0.3 is 5.32 Å². The summed E-state index contributed by atoms with van der Waals surface area (Å²) in [4.78, 5) is 15.1. The summed E-state index contributed by atoms with van der Waals surface area (Å²) < 4.78 is 110. The van der Waals surface area contributed by atoms with Crippen LogP contribution < -0.4 is 10.2 Å². The molecule has 4 N–H and O–H groups in total. The molecule has 0 saturated heterocycles. The van der Waals surface area contributed by atoms with Crippen molar-refractivity contribution in [1.29, 1.82) is 5.26 Å². The summed E-state index contributed by atoms with van der Waals surface area (Å²) in [5, 5.41) is 28.8. The van der Waals surface area contributed by atoms with Crippen LogP contribution in [0.5, 0.6) is 0 Å². The molecule has 0 aliphatic carbocycles. The Kier molecular flexibility index (Phi) is 12.6. The van der Waals surface area contributed by atoms with Gasteiger partial charge in [0.15, 0.2) is 16.8 Å². The van der Waals surface area contributed by atoms with E-state index >= 15 is 0 Å². The van der Waals surface area contributed by atoms with Crippen LogP contribution in [0.15, 0.2) is 85.6 Å². The van der Waals surface area contributed by atoms with Gasteiger partial charge in [0.2, 0.25) is 5.13 Å². The molecule has 0 aliphatic heterocycles. The molecule has 8 aromatic rings. The summed E-state index contributed by atoms with van der Waals surface area (Å²) >= 11 is 2.33. The van der Waals surface area contributed by atoms with Gasteiger partial charge in [0.25, 0.3) is 30.4 Å². The number of nitrogens with zero attached hydrogens (tertiary/aromatic N) is 9. The number of hydrogen-bond donors (Lipinski definition) is 4. The molecule has 0 aliphatic rings. The quantitative estimate of drug-likeness (QED) is 0.0692. The molecule has 24 heteroatoms. The summed E-state index contributed by atoms with van der Waals surface area (Å²) in [5.41, 5.74) is 3.72. The van der Waals surface area contributed by atoms with Gasteiger partial charge in [-0.2, -0.15) is 40.3 Å². The van der Waals surface area contributed by atoms with E-state index in [2.05, 4.69) is 11.4 Å². The molecule has 0 spiro atoms. The molecule has 0 unspecified atom stereocenters. The third-order valence-corrected chi connectivity index (χ3v) is 16.5. The number of fused-ring (bicyclic) bond motifs is 2. The number of para-hydroxylation sites is 1. The van der Waals surface area contributed by atoms with Crippen LogP contribution >= 0.6 is 22.7 Å². The van der Waals surface area contributed by atoms with Crippen molar-refractivity contribution < 1.29 is 38.9 Å². The fourth-order valence-electron chi connectivity index (χ4n) is 8.52. The molecule has 0 fully saturated rings. The molecule has 0 radical (unpaired) electrons. The molecule has 4 aromatic carbocycles. The number of aromatic nitrogens is 5. The fraction of sp³-hybridized carbons (Fsp3) is 0.239. The van der Waals surface area contributed by atoms with Crippen LogP contribution in [-0.4, -0.2) is 63.6 Å². The van der Waals surface area contributed by atoms with Crippen molar-refractivity contribution in [3.05, 3.63) is 111 Å². The first kappa shape index (κ1) is 49.8. The van der Waals surface area contributed by atoms with Crippen LogP contribution in [0.3, 0.4) is 0 Å². The standard InChI is InChI=1S/C46H44N10O9S5/c1-22-17-25(4)39(69(60,61)62)27(6)36(22)51-42-37(52-53-43-30(21-47)41(46(8,9)10)54-56(43)45-49-31-13-11-12-14-33(31)66-45)23(2)19-35(50-42)55(38-24(3)18-26(5)40(28(38)7)70(63,64)65)44-48-32-16-15-29(68(57,58)59)20-34(32)67-44/h11-20H,1-10H3,(H,50,51)(H,57,58,59)(H,60,61,62)(H,63,64,65)/b53-52+. The number of rotatable bonds is 11. The molecule has 0 bridgehead atoms. The lowest BCUT2D eigenvalue weighted by atomic mass is 9.90. The largest absolute Gasteiger partial charge is 0.338 e. The second-order valence-electron chi connectivity index (χ2n) is 17.6. The fourth-order valence-corrected chi connectivity index (χ4v) is 12.9. The number of nitrogens with one attached hydrogen (secondary N) is 1. The van der Waals surface area contributed by atoms with Crippen molar-refractivity contribution >= 4 is 113 Å². The number of benzene rings is 4. The maximum atomic E-state index is 13.0. The summed E-state index contributed by atoms with van der Waals surface area (Å²) in [6.07, 6.45) is 0. The summed E-state index contributed by atoms with van der Waals surface area (Å²) in [7, 11) is -14.2. The highest BCUT2D eigenvalue weighted by Gasteiger charge is 2.32. The van der Waals surface area contributed by atoms with Crippen molar-refractivity contribution in [1.82, 2.24) is 24.7 Å². The van der Waals surface area contributed by atoms with Crippen LogP contribution in [-0.2, 0) is 35.8 Å². The van der Waals surface area contributed by atoms with Crippen molar-refractivity contribution in [2.45, 2.75) is 89.3 Å². The lowest BCUT2D eigenvalue weighted by Crippen LogP contribution is -2.17. The van der Waals surface area contributed by atoms with Crippen molar-refractivity contribution in [2.75, 3.05) is 10.2 Å². The minimum Gasteiger partial charge on any atom is -0.338 e. The second-order valence-corrected chi connectivity index (χ2v) is 23.8. The molecule has 0 atom stereocenters. The Morgan fingerprint density at radius 2 is 1.33 bits per heavy atom. The van der Waals surface area contributed by atoms with Crippen molar-refractivity contribution in [3.63, 3.8) is 0 Å². The molecule has 0 amide bonds. The maximum absolute atomic E-state index is 13.0. The molecule has 0 saturated carbocycles. The summed E-state index contributed by atoms with van der Waals surface area (Å²) in [5.74, 6) is 0.100. The zero-order chi connectivity index (χ0) is 51.2. The first-order chi connectivity index (χ1) is 32.6. The highest BCUT2D eigenvalue weighted by atomic mass is 32.2. The normalized spacial score (nSPS) is 12.6. The van der Waals surface area contributed by atoms with E-state index in [0.29, 0.717) is 43.2 Å². The van der Waals surface area contributed by atoms with Gasteiger partial charge in [-0.1, -0.05) is 67.7 Å². The Morgan fingerprint density at radius 1 is 0.700 bits per heavy atom. The highest BCUT2D eigenvalue weighted by molar-refractivity contribution is 7.86. The minimum atomic E-state index is -4.82. The van der Waals surface area contributed by atoms with Crippen LogP contribution in [0.4, 0.5) is 39.6 Å². The average Bonchev–Trinajstić information content (AvgIpc) is 3.96. The number of hydrogen-bond acceptors (Lipinski definition) is 17. The first-order valence-corrected chi connectivity index (χ1v) is 27.0. The Hall–Kier alpha value is -6.56. The molecule has 8 rings (SSSR count). The van der Waals surface area contributed by atoms with Gasteiger partial charge >= 0.3 is 0 Å². The minimum absolute atomic E-state index is 0.0344. The Bertz CT molecular complexity index is 3910. The predicted molar refractivity (Wildman–Crippen MR) is 269 cm³/mol. The SMILES string of the molecule is Cc1cc(N(c2nc3ccc(S(=O)(=O)O)cc3s2)c2c(C)cc(C)c(S(=O)(=O)O)c2C)nc(Nc2c(C)cc(C)c(S(=O)(=O)O)c2C)c1/N=N/c1c(C#N)c(C(C)(C)C)nn1-c1nc2ccccc2s1. The summed E-state index contributed by atoms with van der Waals surface area (Å²) in [6, 6.07) is 18.3. The van der Waals surface area contributed by atoms with Gasteiger partial charge in [-0.05, 0) is 124 Å². The van der Waals surface area contributed by atoms with E-state index in [1.807, 2.05) is 45.0 Å². The van der Waals surface area contributed by atoms with Gasteiger partial charge in [0, 0.05) is 11.1 Å². The zero-order valence-electron chi connectivity index (χ0n) is 39.1. The van der Waals surface area contributed by atoms with Gasteiger partial charge in [0.05, 0.1) is 36.7 Å². The van der Waals surface area contributed by atoms with Gasteiger partial charge in [-0.15, -0.1) is 10.2 Å². The van der Waals surface area contributed by atoms with Crippen molar-refractivity contribution in [3.8, 4) is 11.2 Å². The molecular formula is C46H44N10O9S5. The number of anilines is 5. The number of aryl methyl sites for hydroxylation is 5. The van der Waals surface area contributed by atoms with E-state index in [1.165, 1.54) is 59.9 Å². The third kappa shape index (κ3) is 9.17. The van der Waals surface area contributed by atoms with Gasteiger partial charge in [0.1, 0.15) is 32.9 Å². The molecule has 70 heavy (non-hydrogen) atoms. The maximum Gasteiger partial charge on any atom is 0.295 e. The van der Waals surface area contributed by atoms with Crippen molar-refractivity contribution in [2.24, 2.45) is 10.2 Å². The van der Waals surface area contributed by atoms with Crippen LogP contribution in [0.2, 0.25) is 0 Å². The Morgan fingerprint density at radius 3 is 1.94 bits per heavy atom. The average molecular weight is 1040 g/mol. The lowest BCUT2D eigenvalue weighted by molar-refractivity contribution is 0.479. The van der Waals surface area contributed by atoms with Gasteiger partial charge in [-0.25, -0.2) is 15.0 Å². The molecular weight excluding hydrogens is 997 g/mol. The number of thiazole rings is 2. The third-order valence-electron chi connectivity index (χ3n) is 11.4. The Labute approximate surface area is 411 Å². The van der Waals surface area contributed by atoms with E-state index in [0.717, 1.165) is 16.0 Å². The monoisotopic (exact) mass is 1040 g/mol. The predicted octanol–water partition coefficient (Wildman–Crippen LogP) is 11.2. The second kappa shape index (κ2) is 17.7. The molecule has 4 aromatic heterocycles. The number of pyridine rings is 1. The lowest BCUT2D eigenvalue weighted by Gasteiger charge is -2.28. The smallest absolute Gasteiger partial charge is 0.295 e. The van der Waals surface area contributed by atoms with Crippen LogP contribution in [0, 0.1) is 59.8 Å². The highest BCUT2D eigenvalue weighted by Crippen LogP contribution is 2.47.